The summed E-state index contributed by atoms with van der Waals surface area (Å²) in [6.07, 6.45) is 2.42. The normalized spacial score (nSPS) is 19.2. The molecule has 0 aromatic heterocycles. The van der Waals surface area contributed by atoms with E-state index in [4.69, 9.17) is 9.73 Å². The fourth-order valence-corrected chi connectivity index (χ4v) is 2.91. The van der Waals surface area contributed by atoms with Gasteiger partial charge in [-0.25, -0.2) is 0 Å². The van der Waals surface area contributed by atoms with Crippen LogP contribution >= 0.6 is 0 Å². The first-order valence-corrected chi connectivity index (χ1v) is 9.08. The van der Waals surface area contributed by atoms with Crippen LogP contribution in [-0.4, -0.2) is 74.8 Å². The van der Waals surface area contributed by atoms with Crippen molar-refractivity contribution < 1.29 is 4.74 Å². The number of rotatable bonds is 10. The zero-order valence-electron chi connectivity index (χ0n) is 15.1. The van der Waals surface area contributed by atoms with Crippen LogP contribution in [0.5, 0.6) is 0 Å². The van der Waals surface area contributed by atoms with Gasteiger partial charge in [-0.15, -0.1) is 0 Å². The molecule has 1 heterocycles. The van der Waals surface area contributed by atoms with Gasteiger partial charge in [0.1, 0.15) is 0 Å². The van der Waals surface area contributed by atoms with Gasteiger partial charge in [0.2, 0.25) is 0 Å². The van der Waals surface area contributed by atoms with E-state index in [1.807, 2.05) is 0 Å². The Labute approximate surface area is 137 Å². The second-order valence-electron chi connectivity index (χ2n) is 5.93. The Morgan fingerprint density at radius 3 is 2.73 bits per heavy atom. The lowest BCUT2D eigenvalue weighted by atomic mass is 10.1. The van der Waals surface area contributed by atoms with Crippen molar-refractivity contribution in [1.82, 2.24) is 15.1 Å². The largest absolute Gasteiger partial charge is 0.381 e. The maximum Gasteiger partial charge on any atom is 0.193 e. The van der Waals surface area contributed by atoms with Crippen molar-refractivity contribution in [3.63, 3.8) is 0 Å². The number of nitrogens with zero attached hydrogens (tertiary/aromatic N) is 3. The van der Waals surface area contributed by atoms with E-state index in [-0.39, 0.29) is 0 Å². The molecule has 22 heavy (non-hydrogen) atoms. The van der Waals surface area contributed by atoms with Gasteiger partial charge in [-0.05, 0) is 39.8 Å². The third-order valence-corrected chi connectivity index (χ3v) is 4.14. The van der Waals surface area contributed by atoms with E-state index < -0.39 is 0 Å². The fourth-order valence-electron chi connectivity index (χ4n) is 2.91. The molecule has 0 saturated carbocycles. The van der Waals surface area contributed by atoms with Crippen LogP contribution in [0.3, 0.4) is 0 Å². The lowest BCUT2D eigenvalue weighted by Gasteiger charge is -2.23. The van der Waals surface area contributed by atoms with Crippen molar-refractivity contribution in [2.24, 2.45) is 10.9 Å². The van der Waals surface area contributed by atoms with Crippen LogP contribution in [0.15, 0.2) is 4.99 Å². The number of nitrogens with one attached hydrogen (secondary N) is 1. The summed E-state index contributed by atoms with van der Waals surface area (Å²) in [5.74, 6) is 1.73. The minimum absolute atomic E-state index is 0.649. The minimum Gasteiger partial charge on any atom is -0.381 e. The van der Waals surface area contributed by atoms with Gasteiger partial charge in [-0.1, -0.05) is 13.8 Å². The van der Waals surface area contributed by atoms with E-state index in [0.29, 0.717) is 5.92 Å². The summed E-state index contributed by atoms with van der Waals surface area (Å²) in [5.41, 5.74) is 0. The van der Waals surface area contributed by atoms with Crippen molar-refractivity contribution in [2.75, 3.05) is 59.0 Å². The van der Waals surface area contributed by atoms with Crippen LogP contribution in [-0.2, 0) is 4.74 Å². The van der Waals surface area contributed by atoms with Gasteiger partial charge in [0.25, 0.3) is 0 Å². The molecule has 0 bridgehead atoms. The highest BCUT2D eigenvalue weighted by atomic mass is 16.5. The third kappa shape index (κ3) is 6.97. The lowest BCUT2D eigenvalue weighted by Crippen LogP contribution is -2.41. The summed E-state index contributed by atoms with van der Waals surface area (Å²) < 4.78 is 5.57. The second kappa shape index (κ2) is 11.7. The van der Waals surface area contributed by atoms with E-state index in [2.05, 4.69) is 42.8 Å². The predicted octanol–water partition coefficient (Wildman–Crippen LogP) is 2.04. The van der Waals surface area contributed by atoms with E-state index in [0.717, 1.165) is 58.4 Å². The van der Waals surface area contributed by atoms with Gasteiger partial charge in [0, 0.05) is 38.7 Å². The van der Waals surface area contributed by atoms with Crippen LogP contribution in [0.1, 0.15) is 40.5 Å². The zero-order valence-corrected chi connectivity index (χ0v) is 15.1. The van der Waals surface area contributed by atoms with Crippen LogP contribution in [0.4, 0.5) is 0 Å². The molecular formula is C17H36N4O. The van der Waals surface area contributed by atoms with Crippen molar-refractivity contribution in [3.05, 3.63) is 0 Å². The van der Waals surface area contributed by atoms with E-state index in [1.54, 1.807) is 0 Å². The van der Waals surface area contributed by atoms with Crippen molar-refractivity contribution in [2.45, 2.75) is 40.5 Å². The molecule has 1 N–H and O–H groups in total. The molecule has 0 aromatic rings. The summed E-state index contributed by atoms with van der Waals surface area (Å²) in [6.45, 7) is 17.7. The number of likely N-dealkylation sites (tertiary alicyclic amines) is 1. The first-order valence-electron chi connectivity index (χ1n) is 9.08. The summed E-state index contributed by atoms with van der Waals surface area (Å²) in [7, 11) is 0. The van der Waals surface area contributed by atoms with Crippen LogP contribution in [0.25, 0.3) is 0 Å². The number of hydrogen-bond donors (Lipinski definition) is 1. The Hall–Kier alpha value is -0.810. The van der Waals surface area contributed by atoms with Gasteiger partial charge in [-0.2, -0.15) is 0 Å². The van der Waals surface area contributed by atoms with Gasteiger partial charge in [0.15, 0.2) is 5.96 Å². The number of aliphatic imine (C=N–C) groups is 1. The standard InChI is InChI=1S/C17H36N4O/c1-5-11-20(7-3)13-10-19-17(18-6-2)21-12-9-16(14-21)15-22-8-4/h16H,5-15H2,1-4H3,(H,18,19). The van der Waals surface area contributed by atoms with E-state index >= 15 is 0 Å². The quantitative estimate of drug-likeness (QED) is 0.495. The van der Waals surface area contributed by atoms with E-state index in [1.165, 1.54) is 19.4 Å². The lowest BCUT2D eigenvalue weighted by molar-refractivity contribution is 0.114. The molecule has 1 aliphatic heterocycles. The molecule has 1 rings (SSSR count). The van der Waals surface area contributed by atoms with Crippen molar-refractivity contribution in [1.29, 1.82) is 0 Å². The summed E-state index contributed by atoms with van der Waals surface area (Å²) >= 11 is 0. The Morgan fingerprint density at radius 1 is 1.27 bits per heavy atom. The highest BCUT2D eigenvalue weighted by Crippen LogP contribution is 2.16. The minimum atomic E-state index is 0.649. The van der Waals surface area contributed by atoms with Crippen LogP contribution in [0.2, 0.25) is 0 Å². The van der Waals surface area contributed by atoms with Crippen LogP contribution in [0, 0.1) is 5.92 Å². The van der Waals surface area contributed by atoms with Gasteiger partial charge in [-0.3, -0.25) is 4.99 Å². The summed E-state index contributed by atoms with van der Waals surface area (Å²) in [6, 6.07) is 0. The smallest absolute Gasteiger partial charge is 0.193 e. The molecule has 1 unspecified atom stereocenters. The summed E-state index contributed by atoms with van der Waals surface area (Å²) in [4.78, 5) is 9.69. The fraction of sp³-hybridized carbons (Fsp3) is 0.941. The molecule has 0 spiro atoms. The Kier molecular flexibility index (Phi) is 10.2. The molecule has 0 radical (unpaired) electrons. The SMILES string of the molecule is CCCN(CC)CCN=C(NCC)N1CCC(COCC)C1. The Bertz CT molecular complexity index is 309. The van der Waals surface area contributed by atoms with Gasteiger partial charge >= 0.3 is 0 Å². The number of hydrogen-bond acceptors (Lipinski definition) is 3. The van der Waals surface area contributed by atoms with Crippen molar-refractivity contribution >= 4 is 5.96 Å². The van der Waals surface area contributed by atoms with Gasteiger partial charge in [0.05, 0.1) is 13.2 Å². The molecule has 130 valence electrons. The Morgan fingerprint density at radius 2 is 2.09 bits per heavy atom. The average Bonchev–Trinajstić information content (AvgIpc) is 2.99. The molecule has 0 amide bonds. The highest BCUT2D eigenvalue weighted by molar-refractivity contribution is 5.80. The third-order valence-electron chi connectivity index (χ3n) is 4.14. The zero-order chi connectivity index (χ0) is 16.2. The van der Waals surface area contributed by atoms with Crippen molar-refractivity contribution in [3.8, 4) is 0 Å². The molecule has 5 nitrogen and oxygen atoms in total. The molecule has 1 aliphatic rings. The Balaban J connectivity index is 2.45. The molecule has 0 aliphatic carbocycles. The molecule has 5 heteroatoms. The summed E-state index contributed by atoms with van der Waals surface area (Å²) in [5, 5.41) is 3.44. The first-order chi connectivity index (χ1) is 10.7. The van der Waals surface area contributed by atoms with Gasteiger partial charge < -0.3 is 19.9 Å². The topological polar surface area (TPSA) is 40.1 Å². The molecule has 0 aromatic carbocycles. The van der Waals surface area contributed by atoms with E-state index in [9.17, 15) is 0 Å². The second-order valence-corrected chi connectivity index (χ2v) is 5.93. The molecule has 1 saturated heterocycles. The number of guanidine groups is 1. The monoisotopic (exact) mass is 312 g/mol. The van der Waals surface area contributed by atoms with Crippen LogP contribution < -0.4 is 5.32 Å². The number of ether oxygens (including phenoxy) is 1. The maximum atomic E-state index is 5.57. The number of likely N-dealkylation sites (N-methyl/N-ethyl adjacent to an activating group) is 1. The molecule has 1 atom stereocenters. The average molecular weight is 313 g/mol. The predicted molar refractivity (Wildman–Crippen MR) is 94.6 cm³/mol. The molecule has 1 fully saturated rings. The highest BCUT2D eigenvalue weighted by Gasteiger charge is 2.24. The molecular weight excluding hydrogens is 276 g/mol. The maximum absolute atomic E-state index is 5.57. The first kappa shape index (κ1) is 19.2.